The Labute approximate surface area is 196 Å². The molecule has 0 saturated carbocycles. The van der Waals surface area contributed by atoms with Gasteiger partial charge in [0.2, 0.25) is 0 Å². The van der Waals surface area contributed by atoms with Crippen LogP contribution < -0.4 is 15.2 Å². The summed E-state index contributed by atoms with van der Waals surface area (Å²) in [6.07, 6.45) is 0.121. The molecule has 4 rings (SSSR count). The Kier molecular flexibility index (Phi) is 6.19. The normalized spacial score (nSPS) is 12.0. The van der Waals surface area contributed by atoms with E-state index in [2.05, 4.69) is 0 Å². The van der Waals surface area contributed by atoms with Crippen LogP contribution in [0.2, 0.25) is 10.0 Å². The summed E-state index contributed by atoms with van der Waals surface area (Å²) in [5, 5.41) is 13.9. The molecule has 0 amide bonds. The fraction of sp³-hybridized carbons (Fsp3) is 0.0833. The maximum absolute atomic E-state index is 13.3. The van der Waals surface area contributed by atoms with Gasteiger partial charge in [0.15, 0.2) is 0 Å². The smallest absolute Gasteiger partial charge is 0.416 e. The van der Waals surface area contributed by atoms with E-state index in [0.717, 1.165) is 12.1 Å². The van der Waals surface area contributed by atoms with E-state index in [4.69, 9.17) is 23.2 Å². The zero-order chi connectivity index (χ0) is 23.8. The Morgan fingerprint density at radius 3 is 2.42 bits per heavy atom. The van der Waals surface area contributed by atoms with E-state index in [1.54, 1.807) is 24.3 Å². The average Bonchev–Trinajstić information content (AvgIpc) is 2.75. The number of allylic oxidation sites excluding steroid dienone is 1. The number of halogens is 5. The Bertz CT molecular complexity index is 1430. The molecule has 0 saturated heterocycles. The lowest BCUT2D eigenvalue weighted by molar-refractivity contribution is -0.706. The maximum Gasteiger partial charge on any atom is 0.416 e. The molecule has 0 aliphatic carbocycles. The molecule has 0 spiro atoms. The molecule has 4 aromatic rings. The Morgan fingerprint density at radius 2 is 1.73 bits per heavy atom. The number of benzene rings is 2. The third-order valence-electron chi connectivity index (χ3n) is 4.97. The van der Waals surface area contributed by atoms with Crippen LogP contribution in [0.1, 0.15) is 11.1 Å². The summed E-state index contributed by atoms with van der Waals surface area (Å²) in [6, 6.07) is 14.2. The molecule has 2 aromatic heterocycles. The average molecular weight is 491 g/mol. The molecular formula is C24H15Cl2F3N2O2. The minimum absolute atomic E-state index is 0.0180. The van der Waals surface area contributed by atoms with Crippen LogP contribution >= 0.6 is 23.2 Å². The Balaban J connectivity index is 1.81. The van der Waals surface area contributed by atoms with Crippen molar-refractivity contribution in [3.8, 4) is 17.0 Å². The van der Waals surface area contributed by atoms with Crippen molar-refractivity contribution in [3.05, 3.63) is 104 Å². The third-order valence-corrected chi connectivity index (χ3v) is 5.41. The Hall–Kier alpha value is -3.29. The van der Waals surface area contributed by atoms with E-state index in [1.165, 1.54) is 51.6 Å². The number of rotatable bonds is 4. The molecule has 2 aromatic carbocycles. The first kappa shape index (κ1) is 22.9. The van der Waals surface area contributed by atoms with Gasteiger partial charge in [0.1, 0.15) is 12.1 Å². The fourth-order valence-corrected chi connectivity index (χ4v) is 4.04. The van der Waals surface area contributed by atoms with Gasteiger partial charge in [-0.1, -0.05) is 47.5 Å². The zero-order valence-electron chi connectivity index (χ0n) is 16.8. The topological polar surface area (TPSA) is 48.4 Å². The van der Waals surface area contributed by atoms with Crippen LogP contribution in [0.3, 0.4) is 0 Å². The molecule has 0 aliphatic heterocycles. The van der Waals surface area contributed by atoms with E-state index in [0.29, 0.717) is 11.2 Å². The molecule has 0 N–H and O–H groups in total. The number of fused-ring (bicyclic) bond motifs is 1. The van der Waals surface area contributed by atoms with Crippen LogP contribution in [0.25, 0.3) is 22.9 Å². The van der Waals surface area contributed by atoms with Crippen molar-refractivity contribution < 1.29 is 22.8 Å². The number of alkyl halides is 3. The summed E-state index contributed by atoms with van der Waals surface area (Å²) < 4.78 is 41.6. The second-order valence-corrected chi connectivity index (χ2v) is 8.08. The van der Waals surface area contributed by atoms with Crippen LogP contribution in [-0.2, 0) is 12.7 Å². The third kappa shape index (κ3) is 4.74. The largest absolute Gasteiger partial charge is 0.842 e. The van der Waals surface area contributed by atoms with Gasteiger partial charge in [0, 0.05) is 16.1 Å². The van der Waals surface area contributed by atoms with Gasteiger partial charge in [0.25, 0.3) is 5.65 Å². The van der Waals surface area contributed by atoms with Crippen molar-refractivity contribution in [2.24, 2.45) is 0 Å². The second-order valence-electron chi connectivity index (χ2n) is 7.21. The van der Waals surface area contributed by atoms with Gasteiger partial charge in [-0.2, -0.15) is 17.6 Å². The van der Waals surface area contributed by atoms with Crippen molar-refractivity contribution in [1.82, 2.24) is 4.40 Å². The van der Waals surface area contributed by atoms with Crippen molar-refractivity contribution in [1.29, 1.82) is 0 Å². The number of hydrogen-bond donors (Lipinski definition) is 0. The molecular weight excluding hydrogens is 476 g/mol. The van der Waals surface area contributed by atoms with Crippen molar-refractivity contribution in [2.75, 3.05) is 0 Å². The predicted molar refractivity (Wildman–Crippen MR) is 119 cm³/mol. The van der Waals surface area contributed by atoms with Gasteiger partial charge in [-0.3, -0.25) is 0 Å². The molecule has 0 unspecified atom stereocenters. The summed E-state index contributed by atoms with van der Waals surface area (Å²) in [5.41, 5.74) is -0.479. The molecule has 0 radical (unpaired) electrons. The van der Waals surface area contributed by atoms with E-state index in [1.807, 2.05) is 0 Å². The molecule has 0 fully saturated rings. The quantitative estimate of drug-likeness (QED) is 0.361. The molecule has 168 valence electrons. The van der Waals surface area contributed by atoms with E-state index in [-0.39, 0.29) is 27.7 Å². The molecule has 0 bridgehead atoms. The standard InChI is InChI=1S/C24H15Cl2F3N2O2/c25-18-12-16(13-19(26)14-18)21-22(32)30-9-2-1-8-20(30)31(23(21)33)10-4-6-15-5-3-7-17(11-15)24(27,28)29/h1-9,11-14H,10H2/b6-4+. The van der Waals surface area contributed by atoms with Gasteiger partial charge in [-0.05, 0) is 53.6 Å². The van der Waals surface area contributed by atoms with E-state index < -0.39 is 23.2 Å². The number of hydrogen-bond acceptors (Lipinski definition) is 2. The monoisotopic (exact) mass is 490 g/mol. The lowest BCUT2D eigenvalue weighted by Crippen LogP contribution is -2.43. The van der Waals surface area contributed by atoms with Gasteiger partial charge in [-0.25, -0.2) is 9.36 Å². The molecule has 33 heavy (non-hydrogen) atoms. The number of nitrogens with zero attached hydrogens (tertiary/aromatic N) is 2. The molecule has 4 nitrogen and oxygen atoms in total. The second kappa shape index (κ2) is 8.92. The van der Waals surface area contributed by atoms with Crippen LogP contribution in [0.4, 0.5) is 13.2 Å². The summed E-state index contributed by atoms with van der Waals surface area (Å²) >= 11 is 12.1. The highest BCUT2D eigenvalue weighted by molar-refractivity contribution is 6.35. The lowest BCUT2D eigenvalue weighted by Gasteiger charge is -2.16. The molecule has 2 heterocycles. The van der Waals surface area contributed by atoms with Crippen LogP contribution in [-0.4, -0.2) is 4.40 Å². The van der Waals surface area contributed by atoms with Crippen molar-refractivity contribution >= 4 is 34.9 Å². The van der Waals surface area contributed by atoms with Gasteiger partial charge < -0.3 is 5.11 Å². The minimum atomic E-state index is -4.45. The maximum atomic E-state index is 13.3. The SMILES string of the molecule is O=c1c(-c2cc(Cl)cc(Cl)c2)c([O-])[n+](C/C=C/c2cccc(C(F)(F)F)c2)c2ccccn12. The van der Waals surface area contributed by atoms with E-state index >= 15 is 0 Å². The van der Waals surface area contributed by atoms with Crippen molar-refractivity contribution in [3.63, 3.8) is 0 Å². The highest BCUT2D eigenvalue weighted by Crippen LogP contribution is 2.30. The molecule has 0 atom stereocenters. The van der Waals surface area contributed by atoms with Crippen LogP contribution in [0.5, 0.6) is 5.88 Å². The molecule has 0 aliphatic rings. The summed E-state index contributed by atoms with van der Waals surface area (Å²) in [7, 11) is 0. The Morgan fingerprint density at radius 1 is 1.00 bits per heavy atom. The van der Waals surface area contributed by atoms with Gasteiger partial charge >= 0.3 is 11.7 Å². The summed E-state index contributed by atoms with van der Waals surface area (Å²) in [5.74, 6) is -0.571. The fourth-order valence-electron chi connectivity index (χ4n) is 3.51. The predicted octanol–water partition coefficient (Wildman–Crippen LogP) is 5.37. The van der Waals surface area contributed by atoms with Crippen molar-refractivity contribution in [2.45, 2.75) is 12.7 Å². The van der Waals surface area contributed by atoms with Crippen LogP contribution in [0, 0.1) is 0 Å². The number of aromatic nitrogens is 2. The van der Waals surface area contributed by atoms with Crippen LogP contribution in [0.15, 0.2) is 77.7 Å². The first-order valence-electron chi connectivity index (χ1n) is 9.69. The highest BCUT2D eigenvalue weighted by Gasteiger charge is 2.30. The zero-order valence-corrected chi connectivity index (χ0v) is 18.3. The highest BCUT2D eigenvalue weighted by atomic mass is 35.5. The number of pyridine rings is 1. The van der Waals surface area contributed by atoms with E-state index in [9.17, 15) is 23.1 Å². The first-order chi connectivity index (χ1) is 15.6. The minimum Gasteiger partial charge on any atom is -0.842 e. The molecule has 9 heteroatoms. The lowest BCUT2D eigenvalue weighted by atomic mass is 10.1. The first-order valence-corrected chi connectivity index (χ1v) is 10.5. The van der Waals surface area contributed by atoms with Gasteiger partial charge in [0.05, 0.1) is 17.6 Å². The van der Waals surface area contributed by atoms with Gasteiger partial charge in [-0.15, -0.1) is 0 Å². The summed E-state index contributed by atoms with van der Waals surface area (Å²) in [6.45, 7) is 0.0180. The summed E-state index contributed by atoms with van der Waals surface area (Å²) in [4.78, 5) is 13.1.